The molecule has 0 fully saturated rings. The van der Waals surface area contributed by atoms with Crippen LogP contribution in [0, 0.1) is 13.8 Å². The average molecular weight is 436 g/mol. The zero-order valence-corrected chi connectivity index (χ0v) is 18.9. The summed E-state index contributed by atoms with van der Waals surface area (Å²) in [5.74, 6) is 0.377. The van der Waals surface area contributed by atoms with E-state index in [1.807, 2.05) is 50.2 Å². The van der Waals surface area contributed by atoms with E-state index in [4.69, 9.17) is 4.74 Å². The third kappa shape index (κ3) is 4.13. The summed E-state index contributed by atoms with van der Waals surface area (Å²) in [6, 6.07) is 12.0. The molecule has 0 saturated carbocycles. The van der Waals surface area contributed by atoms with Crippen LogP contribution in [-0.4, -0.2) is 49.6 Å². The van der Waals surface area contributed by atoms with Gasteiger partial charge in [0.15, 0.2) is 11.4 Å². The molecule has 7 nitrogen and oxygen atoms in total. The molecule has 0 amide bonds. The summed E-state index contributed by atoms with van der Waals surface area (Å²) < 4.78 is 9.23. The number of nitrogens with zero attached hydrogens (tertiary/aromatic N) is 5. The van der Waals surface area contributed by atoms with E-state index in [1.165, 1.54) is 18.1 Å². The number of fused-ring (bicyclic) bond motifs is 1. The molecule has 0 saturated heterocycles. The smallest absolute Gasteiger partial charge is 0.174 e. The van der Waals surface area contributed by atoms with Crippen molar-refractivity contribution >= 4 is 28.6 Å². The van der Waals surface area contributed by atoms with Crippen molar-refractivity contribution in [1.82, 2.24) is 24.3 Å². The van der Waals surface area contributed by atoms with Crippen molar-refractivity contribution < 1.29 is 9.53 Å². The standard InChI is InChI=1S/C23H25N5O2S/c1-15-10-19(17(3)27(15)16(2)12-30-4)21(29)13-31-23-20-11-26-28(22(20)24-14-25-23)18-8-6-5-7-9-18/h5-11,14,16H,12-13H2,1-4H3/t16-/m1/s1. The van der Waals surface area contributed by atoms with Gasteiger partial charge in [-0.2, -0.15) is 5.10 Å². The fourth-order valence-corrected chi connectivity index (χ4v) is 4.81. The lowest BCUT2D eigenvalue weighted by Gasteiger charge is -2.17. The Kier molecular flexibility index (Phi) is 6.20. The predicted molar refractivity (Wildman–Crippen MR) is 122 cm³/mol. The highest BCUT2D eigenvalue weighted by Crippen LogP contribution is 2.28. The van der Waals surface area contributed by atoms with E-state index >= 15 is 0 Å². The van der Waals surface area contributed by atoms with Gasteiger partial charge in [0.2, 0.25) is 0 Å². The van der Waals surface area contributed by atoms with E-state index in [9.17, 15) is 4.79 Å². The van der Waals surface area contributed by atoms with E-state index in [2.05, 4.69) is 26.6 Å². The molecule has 8 heteroatoms. The van der Waals surface area contributed by atoms with E-state index in [1.54, 1.807) is 18.0 Å². The van der Waals surface area contributed by atoms with Crippen LogP contribution in [0.3, 0.4) is 0 Å². The molecule has 0 aliphatic rings. The highest BCUT2D eigenvalue weighted by atomic mass is 32.2. The van der Waals surface area contributed by atoms with Crippen LogP contribution in [0.1, 0.15) is 34.7 Å². The van der Waals surface area contributed by atoms with E-state index in [-0.39, 0.29) is 11.8 Å². The van der Waals surface area contributed by atoms with E-state index in [0.717, 1.165) is 38.7 Å². The predicted octanol–water partition coefficient (Wildman–Crippen LogP) is 4.42. The fourth-order valence-electron chi connectivity index (χ4n) is 3.96. The number of Topliss-reactive ketones (excluding diaryl/α,β-unsaturated/α-hetero) is 1. The molecular formula is C23H25N5O2S. The number of para-hydroxylation sites is 1. The third-order valence-corrected chi connectivity index (χ3v) is 6.31. The number of ketones is 1. The summed E-state index contributed by atoms with van der Waals surface area (Å²) in [6.45, 7) is 6.70. The largest absolute Gasteiger partial charge is 0.383 e. The van der Waals surface area contributed by atoms with Crippen molar-refractivity contribution in [2.24, 2.45) is 0 Å². The molecule has 160 valence electrons. The summed E-state index contributed by atoms with van der Waals surface area (Å²) in [5.41, 5.74) is 4.43. The first kappa shape index (κ1) is 21.3. The number of carbonyl (C=O) groups excluding carboxylic acids is 1. The van der Waals surface area contributed by atoms with Gasteiger partial charge in [-0.15, -0.1) is 0 Å². The maximum Gasteiger partial charge on any atom is 0.174 e. The molecule has 4 aromatic rings. The Morgan fingerprint density at radius 3 is 2.71 bits per heavy atom. The van der Waals surface area contributed by atoms with Gasteiger partial charge in [-0.1, -0.05) is 30.0 Å². The number of hydrogen-bond donors (Lipinski definition) is 0. The summed E-state index contributed by atoms with van der Waals surface area (Å²) >= 11 is 1.42. The first-order valence-electron chi connectivity index (χ1n) is 10.1. The average Bonchev–Trinajstić information content (AvgIpc) is 3.33. The zero-order chi connectivity index (χ0) is 22.0. The Hall–Kier alpha value is -2.97. The van der Waals surface area contributed by atoms with Crippen LogP contribution in [0.5, 0.6) is 0 Å². The summed E-state index contributed by atoms with van der Waals surface area (Å²) in [4.78, 5) is 21.8. The minimum Gasteiger partial charge on any atom is -0.383 e. The number of methoxy groups -OCH3 is 1. The quantitative estimate of drug-likeness (QED) is 0.232. The molecule has 1 aromatic carbocycles. The molecule has 3 heterocycles. The van der Waals surface area contributed by atoms with Gasteiger partial charge in [0.25, 0.3) is 0 Å². The van der Waals surface area contributed by atoms with Gasteiger partial charge in [-0.3, -0.25) is 4.79 Å². The number of thioether (sulfide) groups is 1. The monoisotopic (exact) mass is 435 g/mol. The van der Waals surface area contributed by atoms with Gasteiger partial charge >= 0.3 is 0 Å². The topological polar surface area (TPSA) is 74.8 Å². The summed E-state index contributed by atoms with van der Waals surface area (Å²) in [5, 5.41) is 6.07. The van der Waals surface area contributed by atoms with Crippen molar-refractivity contribution in [2.45, 2.75) is 31.8 Å². The summed E-state index contributed by atoms with van der Waals surface area (Å²) in [7, 11) is 1.69. The van der Waals surface area contributed by atoms with Crippen molar-refractivity contribution in [1.29, 1.82) is 0 Å². The number of aryl methyl sites for hydroxylation is 1. The number of benzene rings is 1. The Balaban J connectivity index is 1.56. The first-order chi connectivity index (χ1) is 15.0. The number of aromatic nitrogens is 5. The number of rotatable bonds is 8. The second kappa shape index (κ2) is 9.03. The normalized spacial score (nSPS) is 12.4. The van der Waals surface area contributed by atoms with Crippen molar-refractivity contribution in [3.63, 3.8) is 0 Å². The maximum atomic E-state index is 13.0. The molecule has 0 aliphatic heterocycles. The van der Waals surface area contributed by atoms with Crippen molar-refractivity contribution in [2.75, 3.05) is 19.5 Å². The van der Waals surface area contributed by atoms with Crippen LogP contribution in [0.15, 0.2) is 53.9 Å². The molecule has 0 unspecified atom stereocenters. The van der Waals surface area contributed by atoms with Crippen molar-refractivity contribution in [3.8, 4) is 5.69 Å². The van der Waals surface area contributed by atoms with Crippen LogP contribution in [0.4, 0.5) is 0 Å². The van der Waals surface area contributed by atoms with Crippen LogP contribution in [0.2, 0.25) is 0 Å². The Morgan fingerprint density at radius 2 is 1.97 bits per heavy atom. The van der Waals surface area contributed by atoms with Gasteiger partial charge in [0.1, 0.15) is 11.4 Å². The van der Waals surface area contributed by atoms with E-state index in [0.29, 0.717) is 12.4 Å². The van der Waals surface area contributed by atoms with Crippen LogP contribution in [-0.2, 0) is 4.74 Å². The molecule has 0 N–H and O–H groups in total. The van der Waals surface area contributed by atoms with Gasteiger partial charge in [0, 0.05) is 24.1 Å². The molecule has 4 rings (SSSR count). The lowest BCUT2D eigenvalue weighted by atomic mass is 10.2. The SMILES string of the molecule is COC[C@@H](C)n1c(C)cc(C(=O)CSc2ncnc3c2cnn3-c2ccccc2)c1C. The van der Waals surface area contributed by atoms with Gasteiger partial charge in [-0.25, -0.2) is 14.6 Å². The molecule has 1 atom stereocenters. The molecule has 0 bridgehead atoms. The second-order valence-corrected chi connectivity index (χ2v) is 8.44. The van der Waals surface area contributed by atoms with Gasteiger partial charge in [-0.05, 0) is 39.0 Å². The highest BCUT2D eigenvalue weighted by molar-refractivity contribution is 8.00. The molecular weight excluding hydrogens is 410 g/mol. The minimum absolute atomic E-state index is 0.0798. The maximum absolute atomic E-state index is 13.0. The number of ether oxygens (including phenoxy) is 1. The summed E-state index contributed by atoms with van der Waals surface area (Å²) in [6.07, 6.45) is 3.28. The van der Waals surface area contributed by atoms with Crippen LogP contribution >= 0.6 is 11.8 Å². The molecule has 0 aliphatic carbocycles. The lowest BCUT2D eigenvalue weighted by Crippen LogP contribution is -2.14. The van der Waals surface area contributed by atoms with Gasteiger partial charge < -0.3 is 9.30 Å². The Morgan fingerprint density at radius 1 is 1.19 bits per heavy atom. The van der Waals surface area contributed by atoms with Gasteiger partial charge in [0.05, 0.1) is 35.7 Å². The molecule has 0 spiro atoms. The second-order valence-electron chi connectivity index (χ2n) is 7.48. The minimum atomic E-state index is 0.0798. The zero-order valence-electron chi connectivity index (χ0n) is 18.1. The number of hydrogen-bond acceptors (Lipinski definition) is 6. The molecule has 3 aromatic heterocycles. The van der Waals surface area contributed by atoms with Crippen LogP contribution < -0.4 is 0 Å². The highest BCUT2D eigenvalue weighted by Gasteiger charge is 2.20. The van der Waals surface area contributed by atoms with Crippen LogP contribution in [0.25, 0.3) is 16.7 Å². The molecule has 31 heavy (non-hydrogen) atoms. The Labute approximate surface area is 185 Å². The van der Waals surface area contributed by atoms with Crippen molar-refractivity contribution in [3.05, 3.63) is 65.9 Å². The lowest BCUT2D eigenvalue weighted by molar-refractivity contribution is 0.102. The number of carbonyl (C=O) groups is 1. The Bertz CT molecular complexity index is 1220. The first-order valence-corrected chi connectivity index (χ1v) is 11.1. The molecule has 0 radical (unpaired) electrons. The third-order valence-electron chi connectivity index (χ3n) is 5.30. The fraction of sp³-hybridized carbons (Fsp3) is 0.304. The van der Waals surface area contributed by atoms with E-state index < -0.39 is 0 Å².